The van der Waals surface area contributed by atoms with Crippen LogP contribution >= 0.6 is 24.0 Å². The molecule has 0 aliphatic heterocycles. The van der Waals surface area contributed by atoms with E-state index < -0.39 is 0 Å². The number of rotatable bonds is 9. The largest absolute Gasteiger partial charge is 0.493 e. The molecule has 2 N–H and O–H groups in total. The van der Waals surface area contributed by atoms with E-state index in [0.717, 1.165) is 24.6 Å². The van der Waals surface area contributed by atoms with Gasteiger partial charge in [0, 0.05) is 13.1 Å². The molecule has 160 valence electrons. The number of guanidine groups is 1. The van der Waals surface area contributed by atoms with Crippen molar-refractivity contribution < 1.29 is 14.2 Å². The SMILES string of the molecule is CCNC(=NCc1cc(OC)c(OC)c(OC)c1)NCC(C)c1ccccc1.I. The van der Waals surface area contributed by atoms with Gasteiger partial charge in [-0.05, 0) is 36.1 Å². The lowest BCUT2D eigenvalue weighted by Gasteiger charge is -2.17. The number of methoxy groups -OCH3 is 3. The normalized spacial score (nSPS) is 11.8. The lowest BCUT2D eigenvalue weighted by molar-refractivity contribution is 0.324. The second-order valence-corrected chi connectivity index (χ2v) is 6.42. The summed E-state index contributed by atoms with van der Waals surface area (Å²) in [5.74, 6) is 3.00. The standard InChI is InChI=1S/C22H31N3O3.HI/c1-6-23-22(24-14-16(2)18-10-8-7-9-11-18)25-15-17-12-19(26-3)21(28-5)20(13-17)27-4;/h7-13,16H,6,14-15H2,1-5H3,(H2,23,24,25);1H. The molecule has 1 unspecified atom stereocenters. The first-order valence-electron chi connectivity index (χ1n) is 9.48. The highest BCUT2D eigenvalue weighted by Gasteiger charge is 2.13. The molecule has 2 aromatic carbocycles. The molecule has 0 heterocycles. The molecule has 0 bridgehead atoms. The summed E-state index contributed by atoms with van der Waals surface area (Å²) in [4.78, 5) is 4.70. The molecule has 29 heavy (non-hydrogen) atoms. The summed E-state index contributed by atoms with van der Waals surface area (Å²) in [7, 11) is 4.82. The first-order chi connectivity index (χ1) is 13.6. The molecule has 6 nitrogen and oxygen atoms in total. The number of benzene rings is 2. The van der Waals surface area contributed by atoms with Crippen molar-refractivity contribution in [2.45, 2.75) is 26.3 Å². The average Bonchev–Trinajstić information content (AvgIpc) is 2.75. The fourth-order valence-electron chi connectivity index (χ4n) is 2.89. The zero-order valence-corrected chi connectivity index (χ0v) is 20.2. The molecular formula is C22H32IN3O3. The molecule has 2 aromatic rings. The zero-order chi connectivity index (χ0) is 20.4. The van der Waals surface area contributed by atoms with Gasteiger partial charge >= 0.3 is 0 Å². The maximum absolute atomic E-state index is 5.42. The van der Waals surface area contributed by atoms with E-state index in [1.54, 1.807) is 21.3 Å². The van der Waals surface area contributed by atoms with Gasteiger partial charge in [0.25, 0.3) is 0 Å². The summed E-state index contributed by atoms with van der Waals surface area (Å²) >= 11 is 0. The Morgan fingerprint density at radius 2 is 1.59 bits per heavy atom. The molecule has 0 aromatic heterocycles. The Labute approximate surface area is 191 Å². The van der Waals surface area contributed by atoms with E-state index in [9.17, 15) is 0 Å². The quantitative estimate of drug-likeness (QED) is 0.299. The number of aliphatic imine (C=N–C) groups is 1. The van der Waals surface area contributed by atoms with Crippen LogP contribution < -0.4 is 24.8 Å². The third kappa shape index (κ3) is 7.30. The molecule has 0 radical (unpaired) electrons. The van der Waals surface area contributed by atoms with Crippen LogP contribution in [0, 0.1) is 0 Å². The van der Waals surface area contributed by atoms with Crippen LogP contribution in [0.5, 0.6) is 17.2 Å². The fraction of sp³-hybridized carbons (Fsp3) is 0.409. The predicted octanol–water partition coefficient (Wildman–Crippen LogP) is 4.19. The minimum absolute atomic E-state index is 0. The maximum atomic E-state index is 5.42. The van der Waals surface area contributed by atoms with Crippen LogP contribution in [-0.4, -0.2) is 40.4 Å². The van der Waals surface area contributed by atoms with Crippen LogP contribution in [-0.2, 0) is 6.54 Å². The van der Waals surface area contributed by atoms with Crippen LogP contribution in [0.1, 0.15) is 30.9 Å². The highest BCUT2D eigenvalue weighted by Crippen LogP contribution is 2.38. The van der Waals surface area contributed by atoms with Gasteiger partial charge in [-0.15, -0.1) is 24.0 Å². The van der Waals surface area contributed by atoms with E-state index in [1.807, 2.05) is 18.2 Å². The summed E-state index contributed by atoms with van der Waals surface area (Å²) < 4.78 is 16.2. The molecule has 0 spiro atoms. The molecule has 1 atom stereocenters. The van der Waals surface area contributed by atoms with E-state index in [1.165, 1.54) is 5.56 Å². The van der Waals surface area contributed by atoms with E-state index in [0.29, 0.717) is 29.7 Å². The van der Waals surface area contributed by atoms with Gasteiger partial charge in [0.1, 0.15) is 0 Å². The minimum atomic E-state index is 0. The topological polar surface area (TPSA) is 64.1 Å². The second kappa shape index (κ2) is 13.1. The number of nitrogens with zero attached hydrogens (tertiary/aromatic N) is 1. The monoisotopic (exact) mass is 513 g/mol. The van der Waals surface area contributed by atoms with Crippen molar-refractivity contribution in [3.63, 3.8) is 0 Å². The Hall–Kier alpha value is -2.16. The Morgan fingerprint density at radius 3 is 2.10 bits per heavy atom. The molecular weight excluding hydrogens is 481 g/mol. The number of hydrogen-bond donors (Lipinski definition) is 2. The van der Waals surface area contributed by atoms with Crippen LogP contribution in [0.25, 0.3) is 0 Å². The first kappa shape index (κ1) is 24.9. The van der Waals surface area contributed by atoms with Crippen molar-refractivity contribution in [1.82, 2.24) is 10.6 Å². The average molecular weight is 513 g/mol. The lowest BCUT2D eigenvalue weighted by atomic mass is 10.0. The van der Waals surface area contributed by atoms with Crippen LogP contribution in [0.3, 0.4) is 0 Å². The Balaban J connectivity index is 0.00000420. The van der Waals surface area contributed by atoms with Gasteiger partial charge in [-0.25, -0.2) is 4.99 Å². The Bertz CT molecular complexity index is 744. The number of nitrogens with one attached hydrogen (secondary N) is 2. The molecule has 2 rings (SSSR count). The molecule has 0 fully saturated rings. The summed E-state index contributed by atoms with van der Waals surface area (Å²) in [5, 5.41) is 6.71. The van der Waals surface area contributed by atoms with Crippen molar-refractivity contribution in [2.75, 3.05) is 34.4 Å². The van der Waals surface area contributed by atoms with Crippen LogP contribution in [0.4, 0.5) is 0 Å². The third-order valence-corrected chi connectivity index (χ3v) is 4.43. The van der Waals surface area contributed by atoms with Gasteiger partial charge in [0.15, 0.2) is 17.5 Å². The minimum Gasteiger partial charge on any atom is -0.493 e. The van der Waals surface area contributed by atoms with Crippen molar-refractivity contribution in [2.24, 2.45) is 4.99 Å². The maximum Gasteiger partial charge on any atom is 0.203 e. The highest BCUT2D eigenvalue weighted by molar-refractivity contribution is 14.0. The van der Waals surface area contributed by atoms with E-state index in [-0.39, 0.29) is 24.0 Å². The number of halogens is 1. The zero-order valence-electron chi connectivity index (χ0n) is 17.8. The number of hydrogen-bond acceptors (Lipinski definition) is 4. The van der Waals surface area contributed by atoms with Crippen molar-refractivity contribution in [3.05, 3.63) is 53.6 Å². The third-order valence-electron chi connectivity index (χ3n) is 4.43. The van der Waals surface area contributed by atoms with Crippen LogP contribution in [0.15, 0.2) is 47.5 Å². The van der Waals surface area contributed by atoms with Crippen LogP contribution in [0.2, 0.25) is 0 Å². The van der Waals surface area contributed by atoms with Gasteiger partial charge in [-0.3, -0.25) is 0 Å². The van der Waals surface area contributed by atoms with Crippen molar-refractivity contribution >= 4 is 29.9 Å². The summed E-state index contributed by atoms with van der Waals surface area (Å²) in [6.07, 6.45) is 0. The summed E-state index contributed by atoms with van der Waals surface area (Å²) in [5.41, 5.74) is 2.28. The van der Waals surface area contributed by atoms with E-state index >= 15 is 0 Å². The summed E-state index contributed by atoms with van der Waals surface area (Å²) in [6, 6.07) is 14.3. The molecule has 0 aliphatic carbocycles. The molecule has 0 aliphatic rings. The highest BCUT2D eigenvalue weighted by atomic mass is 127. The van der Waals surface area contributed by atoms with E-state index in [2.05, 4.69) is 48.7 Å². The van der Waals surface area contributed by atoms with Gasteiger partial charge < -0.3 is 24.8 Å². The first-order valence-corrected chi connectivity index (χ1v) is 9.48. The molecule has 7 heteroatoms. The molecule has 0 saturated heterocycles. The fourth-order valence-corrected chi connectivity index (χ4v) is 2.89. The molecule has 0 amide bonds. The van der Waals surface area contributed by atoms with E-state index in [4.69, 9.17) is 19.2 Å². The van der Waals surface area contributed by atoms with Crippen molar-refractivity contribution in [3.8, 4) is 17.2 Å². The Morgan fingerprint density at radius 1 is 0.966 bits per heavy atom. The van der Waals surface area contributed by atoms with Gasteiger partial charge in [-0.2, -0.15) is 0 Å². The number of ether oxygens (including phenoxy) is 3. The van der Waals surface area contributed by atoms with Gasteiger partial charge in [0.05, 0.1) is 27.9 Å². The second-order valence-electron chi connectivity index (χ2n) is 6.42. The molecule has 0 saturated carbocycles. The smallest absolute Gasteiger partial charge is 0.203 e. The van der Waals surface area contributed by atoms with Crippen molar-refractivity contribution in [1.29, 1.82) is 0 Å². The van der Waals surface area contributed by atoms with Gasteiger partial charge in [0.2, 0.25) is 5.75 Å². The predicted molar refractivity (Wildman–Crippen MR) is 129 cm³/mol. The lowest BCUT2D eigenvalue weighted by Crippen LogP contribution is -2.39. The summed E-state index contributed by atoms with van der Waals surface area (Å²) in [6.45, 7) is 6.33. The van der Waals surface area contributed by atoms with Gasteiger partial charge in [-0.1, -0.05) is 37.3 Å². The Kier molecular flexibility index (Phi) is 11.3.